The fourth-order valence-corrected chi connectivity index (χ4v) is 7.34. The number of nitrogens with zero attached hydrogens (tertiary/aromatic N) is 3. The average Bonchev–Trinajstić information content (AvgIpc) is 3.35. The molecule has 4 aromatic rings. The molecule has 0 radical (unpaired) electrons. The lowest BCUT2D eigenvalue weighted by molar-refractivity contribution is -0.384. The van der Waals surface area contributed by atoms with Crippen molar-refractivity contribution in [2.45, 2.75) is 39.2 Å². The highest BCUT2D eigenvalue weighted by Crippen LogP contribution is 2.49. The lowest BCUT2D eigenvalue weighted by Gasteiger charge is -2.38. The van der Waals surface area contributed by atoms with Crippen LogP contribution in [0.15, 0.2) is 96.2 Å². The molecule has 4 atom stereocenters. The molecule has 48 heavy (non-hydrogen) atoms. The number of hydrogen-bond acceptors (Lipinski definition) is 8. The standard InChI is InChI=1S/C38H37N3O7/c1-22(2)29-20-30-36(38(46)40(37(30)45)25-8-7-9-26(19-25)41(47)48)31(21-42)35(29)34(44)16-14-24(32-12-5-6-17-39-32)18-23-13-15-33(43)28-11-4-3-10-27(23)28/h3-13,15,17-19,22,30-31,34,36,42-44H,14,16,20-21H2,1-2H3/b24-18-/t30-,31+,34-,36-/m1/s1. The first kappa shape index (κ1) is 32.7. The summed E-state index contributed by atoms with van der Waals surface area (Å²) in [6, 6.07) is 22.1. The molecule has 3 N–H and O–H groups in total. The molecule has 0 unspecified atom stereocenters. The maximum absolute atomic E-state index is 13.9. The molecule has 1 aromatic heterocycles. The molecular weight excluding hydrogens is 610 g/mol. The van der Waals surface area contributed by atoms with Gasteiger partial charge in [0.1, 0.15) is 5.75 Å². The molecule has 1 saturated heterocycles. The lowest BCUT2D eigenvalue weighted by atomic mass is 9.66. The van der Waals surface area contributed by atoms with Crippen molar-refractivity contribution in [1.82, 2.24) is 4.98 Å². The molecule has 0 saturated carbocycles. The van der Waals surface area contributed by atoms with Crippen molar-refractivity contribution >= 4 is 45.6 Å². The molecule has 246 valence electrons. The summed E-state index contributed by atoms with van der Waals surface area (Å²) in [4.78, 5) is 44.1. The molecule has 1 aliphatic heterocycles. The number of allylic oxidation sites excluding steroid dienone is 2. The number of aromatic hydroxyl groups is 1. The highest BCUT2D eigenvalue weighted by molar-refractivity contribution is 6.22. The smallest absolute Gasteiger partial charge is 0.271 e. The fraction of sp³-hybridized carbons (Fsp3) is 0.289. The Hall–Kier alpha value is -5.19. The Balaban J connectivity index is 1.33. The Morgan fingerprint density at radius 2 is 1.77 bits per heavy atom. The van der Waals surface area contributed by atoms with E-state index in [1.807, 2.05) is 68.5 Å². The minimum absolute atomic E-state index is 0.0754. The first-order chi connectivity index (χ1) is 23.1. The van der Waals surface area contributed by atoms with Crippen LogP contribution in [0.2, 0.25) is 0 Å². The number of nitro benzene ring substituents is 1. The van der Waals surface area contributed by atoms with E-state index >= 15 is 0 Å². The number of anilines is 1. The van der Waals surface area contributed by atoms with Crippen molar-refractivity contribution < 1.29 is 29.8 Å². The molecule has 10 heteroatoms. The molecule has 1 aliphatic carbocycles. The van der Waals surface area contributed by atoms with E-state index in [0.29, 0.717) is 12.0 Å². The first-order valence-corrected chi connectivity index (χ1v) is 16.1. The van der Waals surface area contributed by atoms with Crippen LogP contribution in [0.1, 0.15) is 44.4 Å². The van der Waals surface area contributed by atoms with Crippen LogP contribution in [0, 0.1) is 33.8 Å². The van der Waals surface area contributed by atoms with Crippen LogP contribution in [-0.4, -0.2) is 49.8 Å². The van der Waals surface area contributed by atoms with E-state index in [2.05, 4.69) is 4.98 Å². The number of non-ortho nitro benzene ring substituents is 1. The van der Waals surface area contributed by atoms with Crippen LogP contribution in [0.25, 0.3) is 22.4 Å². The zero-order valence-electron chi connectivity index (χ0n) is 26.7. The number of aliphatic hydroxyl groups is 2. The Morgan fingerprint density at radius 1 is 1.02 bits per heavy atom. The number of carbonyl (C=O) groups excluding carboxylic acids is 2. The maximum Gasteiger partial charge on any atom is 0.271 e. The van der Waals surface area contributed by atoms with Gasteiger partial charge in [-0.25, -0.2) is 4.90 Å². The van der Waals surface area contributed by atoms with Crippen molar-refractivity contribution in [2.24, 2.45) is 23.7 Å². The van der Waals surface area contributed by atoms with Gasteiger partial charge in [-0.05, 0) is 77.6 Å². The number of aromatic nitrogens is 1. The number of aliphatic hydroxyl groups excluding tert-OH is 2. The van der Waals surface area contributed by atoms with E-state index in [1.54, 1.807) is 12.3 Å². The summed E-state index contributed by atoms with van der Waals surface area (Å²) in [7, 11) is 0. The van der Waals surface area contributed by atoms with Gasteiger partial charge in [-0.3, -0.25) is 24.7 Å². The van der Waals surface area contributed by atoms with E-state index in [-0.39, 0.29) is 35.9 Å². The van der Waals surface area contributed by atoms with Gasteiger partial charge in [0.2, 0.25) is 11.8 Å². The SMILES string of the molecule is CC(C)C1=C([C@H](O)CC/C(=C/c2ccc(O)c3ccccc23)c2ccccn2)[C@H](CO)[C@@H]2C(=O)N(c3cccc([N+](=O)[O-])c3)C(=O)[C@@H]2C1. The number of imide groups is 1. The third-order valence-corrected chi connectivity index (χ3v) is 9.62. The van der Waals surface area contributed by atoms with E-state index < -0.39 is 47.2 Å². The van der Waals surface area contributed by atoms with E-state index in [9.17, 15) is 35.0 Å². The summed E-state index contributed by atoms with van der Waals surface area (Å²) < 4.78 is 0. The number of carbonyl (C=O) groups is 2. The van der Waals surface area contributed by atoms with Crippen molar-refractivity contribution in [3.8, 4) is 5.75 Å². The second-order valence-electron chi connectivity index (χ2n) is 12.7. The van der Waals surface area contributed by atoms with Gasteiger partial charge in [-0.2, -0.15) is 0 Å². The summed E-state index contributed by atoms with van der Waals surface area (Å²) in [6.45, 7) is 3.48. The molecule has 0 bridgehead atoms. The van der Waals surface area contributed by atoms with E-state index in [1.165, 1.54) is 24.3 Å². The number of amides is 2. The minimum atomic E-state index is -1.03. The van der Waals surface area contributed by atoms with Crippen LogP contribution >= 0.6 is 0 Å². The Labute approximate surface area is 277 Å². The Kier molecular flexibility index (Phi) is 9.21. The van der Waals surface area contributed by atoms with Crippen molar-refractivity contribution in [3.05, 3.63) is 118 Å². The largest absolute Gasteiger partial charge is 0.507 e. The van der Waals surface area contributed by atoms with E-state index in [4.69, 9.17) is 0 Å². The summed E-state index contributed by atoms with van der Waals surface area (Å²) in [5.41, 5.74) is 3.75. The van der Waals surface area contributed by atoms with Gasteiger partial charge >= 0.3 is 0 Å². The van der Waals surface area contributed by atoms with E-state index in [0.717, 1.165) is 38.1 Å². The summed E-state index contributed by atoms with van der Waals surface area (Å²) >= 11 is 0. The number of nitro groups is 1. The third-order valence-electron chi connectivity index (χ3n) is 9.62. The second kappa shape index (κ2) is 13.5. The number of phenolic OH excluding ortho intramolecular Hbond substituents is 1. The normalized spacial score (nSPS) is 20.5. The number of phenols is 1. The maximum atomic E-state index is 13.9. The number of benzene rings is 3. The quantitative estimate of drug-likeness (QED) is 0.0784. The molecule has 2 aliphatic rings. The lowest BCUT2D eigenvalue weighted by Crippen LogP contribution is -2.39. The zero-order chi connectivity index (χ0) is 34.1. The van der Waals surface area contributed by atoms with Gasteiger partial charge in [0.25, 0.3) is 5.69 Å². The molecular formula is C38H37N3O7. The van der Waals surface area contributed by atoms with Gasteiger partial charge < -0.3 is 15.3 Å². The summed E-state index contributed by atoms with van der Waals surface area (Å²) in [5.74, 6) is -3.37. The van der Waals surface area contributed by atoms with Crippen LogP contribution < -0.4 is 4.90 Å². The van der Waals surface area contributed by atoms with Crippen LogP contribution in [0.3, 0.4) is 0 Å². The van der Waals surface area contributed by atoms with Crippen molar-refractivity contribution in [3.63, 3.8) is 0 Å². The molecule has 2 heterocycles. The van der Waals surface area contributed by atoms with Crippen LogP contribution in [0.4, 0.5) is 11.4 Å². The number of rotatable bonds is 10. The van der Waals surface area contributed by atoms with Gasteiger partial charge in [-0.1, -0.05) is 61.9 Å². The van der Waals surface area contributed by atoms with Gasteiger partial charge in [0.05, 0.1) is 40.9 Å². The molecule has 0 spiro atoms. The molecule has 6 rings (SSSR count). The molecule has 10 nitrogen and oxygen atoms in total. The number of hydrogen-bond donors (Lipinski definition) is 3. The first-order valence-electron chi connectivity index (χ1n) is 16.1. The number of fused-ring (bicyclic) bond motifs is 2. The zero-order valence-corrected chi connectivity index (χ0v) is 26.7. The van der Waals surface area contributed by atoms with Gasteiger partial charge in [-0.15, -0.1) is 0 Å². The molecule has 1 fully saturated rings. The third kappa shape index (κ3) is 6.00. The monoisotopic (exact) mass is 647 g/mol. The molecule has 3 aromatic carbocycles. The van der Waals surface area contributed by atoms with Crippen molar-refractivity contribution in [2.75, 3.05) is 11.5 Å². The van der Waals surface area contributed by atoms with Crippen LogP contribution in [0.5, 0.6) is 5.75 Å². The van der Waals surface area contributed by atoms with Gasteiger partial charge in [0.15, 0.2) is 0 Å². The second-order valence-corrected chi connectivity index (χ2v) is 12.7. The topological polar surface area (TPSA) is 154 Å². The van der Waals surface area contributed by atoms with Crippen LogP contribution in [-0.2, 0) is 9.59 Å². The highest BCUT2D eigenvalue weighted by atomic mass is 16.6. The molecule has 2 amide bonds. The van der Waals surface area contributed by atoms with Gasteiger partial charge in [0, 0.05) is 29.6 Å². The minimum Gasteiger partial charge on any atom is -0.507 e. The Morgan fingerprint density at radius 3 is 2.46 bits per heavy atom. The predicted molar refractivity (Wildman–Crippen MR) is 183 cm³/mol. The average molecular weight is 648 g/mol. The fourth-order valence-electron chi connectivity index (χ4n) is 7.34. The summed E-state index contributed by atoms with van der Waals surface area (Å²) in [6.07, 6.45) is 3.58. The predicted octanol–water partition coefficient (Wildman–Crippen LogP) is 6.30. The highest BCUT2D eigenvalue weighted by Gasteiger charge is 2.55. The van der Waals surface area contributed by atoms with Crippen molar-refractivity contribution in [1.29, 1.82) is 0 Å². The number of pyridine rings is 1. The summed E-state index contributed by atoms with van der Waals surface area (Å²) in [5, 5.41) is 46.1. The Bertz CT molecular complexity index is 1950.